The zero-order valence-corrected chi connectivity index (χ0v) is 11.5. The molecule has 0 aliphatic carbocycles. The van der Waals surface area contributed by atoms with E-state index in [4.69, 9.17) is 9.84 Å². The summed E-state index contributed by atoms with van der Waals surface area (Å²) in [4.78, 5) is 22.4. The molecule has 110 valence electrons. The Labute approximate surface area is 115 Å². The van der Waals surface area contributed by atoms with Gasteiger partial charge in [-0.2, -0.15) is 0 Å². The Morgan fingerprint density at radius 3 is 2.60 bits per heavy atom. The first kappa shape index (κ1) is 15.7. The first-order valence-corrected chi connectivity index (χ1v) is 5.88. The predicted octanol–water partition coefficient (Wildman–Crippen LogP) is 2.21. The average molecular weight is 284 g/mol. The summed E-state index contributed by atoms with van der Waals surface area (Å²) in [5.74, 6) is -1.26. The number of amides is 2. The van der Waals surface area contributed by atoms with Crippen molar-refractivity contribution in [1.29, 1.82) is 0 Å². The lowest BCUT2D eigenvalue weighted by Crippen LogP contribution is -2.46. The monoisotopic (exact) mass is 284 g/mol. The summed E-state index contributed by atoms with van der Waals surface area (Å²) < 4.78 is 18.4. The van der Waals surface area contributed by atoms with Crippen LogP contribution in [0.15, 0.2) is 18.2 Å². The maximum absolute atomic E-state index is 13.5. The lowest BCUT2D eigenvalue weighted by atomic mass is 10.0. The molecule has 0 saturated heterocycles. The highest BCUT2D eigenvalue weighted by Gasteiger charge is 2.24. The molecular formula is C13H17FN2O4. The van der Waals surface area contributed by atoms with Crippen molar-refractivity contribution in [1.82, 2.24) is 5.32 Å². The van der Waals surface area contributed by atoms with E-state index in [0.29, 0.717) is 5.75 Å². The van der Waals surface area contributed by atoms with Gasteiger partial charge in [0.05, 0.1) is 19.2 Å². The molecule has 0 unspecified atom stereocenters. The van der Waals surface area contributed by atoms with Gasteiger partial charge in [0, 0.05) is 11.6 Å². The van der Waals surface area contributed by atoms with Gasteiger partial charge in [0.2, 0.25) is 0 Å². The first-order valence-electron chi connectivity index (χ1n) is 5.88. The molecule has 6 nitrogen and oxygen atoms in total. The van der Waals surface area contributed by atoms with Gasteiger partial charge in [-0.25, -0.2) is 9.18 Å². The number of halogens is 1. The van der Waals surface area contributed by atoms with Crippen LogP contribution >= 0.6 is 0 Å². The number of benzene rings is 1. The Morgan fingerprint density at radius 1 is 1.40 bits per heavy atom. The number of urea groups is 1. The van der Waals surface area contributed by atoms with E-state index in [1.165, 1.54) is 19.2 Å². The summed E-state index contributed by atoms with van der Waals surface area (Å²) >= 11 is 0. The van der Waals surface area contributed by atoms with Crippen molar-refractivity contribution in [3.05, 3.63) is 24.0 Å². The summed E-state index contributed by atoms with van der Waals surface area (Å²) in [6, 6.07) is 3.23. The Bertz CT molecular complexity index is 517. The third-order valence-electron chi connectivity index (χ3n) is 2.47. The molecule has 2 amide bonds. The number of hydrogen-bond acceptors (Lipinski definition) is 3. The van der Waals surface area contributed by atoms with Gasteiger partial charge in [0.15, 0.2) is 0 Å². The second-order valence-electron chi connectivity index (χ2n) is 4.88. The zero-order valence-electron chi connectivity index (χ0n) is 11.5. The quantitative estimate of drug-likeness (QED) is 0.773. The lowest BCUT2D eigenvalue weighted by molar-refractivity contribution is -0.138. The SMILES string of the molecule is COc1ccc(F)c(NC(=O)NC(C)(C)CC(=O)O)c1. The fourth-order valence-electron chi connectivity index (χ4n) is 1.61. The van der Waals surface area contributed by atoms with E-state index >= 15 is 0 Å². The Balaban J connectivity index is 2.73. The van der Waals surface area contributed by atoms with Crippen LogP contribution < -0.4 is 15.4 Å². The third kappa shape index (κ3) is 4.75. The number of carbonyl (C=O) groups excluding carboxylic acids is 1. The third-order valence-corrected chi connectivity index (χ3v) is 2.47. The van der Waals surface area contributed by atoms with Crippen LogP contribution in [0, 0.1) is 5.82 Å². The molecular weight excluding hydrogens is 267 g/mol. The summed E-state index contributed by atoms with van der Waals surface area (Å²) in [6.07, 6.45) is -0.249. The largest absolute Gasteiger partial charge is 0.497 e. The number of anilines is 1. The molecule has 0 radical (unpaired) electrons. The molecule has 0 aliphatic heterocycles. The fraction of sp³-hybridized carbons (Fsp3) is 0.385. The molecule has 1 aromatic rings. The number of rotatable bonds is 5. The van der Waals surface area contributed by atoms with Gasteiger partial charge in [0.25, 0.3) is 0 Å². The highest BCUT2D eigenvalue weighted by atomic mass is 19.1. The van der Waals surface area contributed by atoms with Crippen molar-refractivity contribution in [3.8, 4) is 5.75 Å². The maximum Gasteiger partial charge on any atom is 0.319 e. The molecule has 0 saturated carbocycles. The topological polar surface area (TPSA) is 87.7 Å². The van der Waals surface area contributed by atoms with Gasteiger partial charge in [-0.15, -0.1) is 0 Å². The number of nitrogens with one attached hydrogen (secondary N) is 2. The van der Waals surface area contributed by atoms with Crippen LogP contribution in [0.25, 0.3) is 0 Å². The van der Waals surface area contributed by atoms with Crippen molar-refractivity contribution in [3.63, 3.8) is 0 Å². The Morgan fingerprint density at radius 2 is 2.05 bits per heavy atom. The molecule has 7 heteroatoms. The Hall–Kier alpha value is -2.31. The van der Waals surface area contributed by atoms with Crippen LogP contribution in [-0.2, 0) is 4.79 Å². The number of carbonyl (C=O) groups is 2. The molecule has 0 atom stereocenters. The number of carboxylic acid groups (broad SMARTS) is 1. The van der Waals surface area contributed by atoms with E-state index < -0.39 is 23.4 Å². The van der Waals surface area contributed by atoms with Gasteiger partial charge in [-0.05, 0) is 26.0 Å². The van der Waals surface area contributed by atoms with Crippen LogP contribution in [0.1, 0.15) is 20.3 Å². The summed E-state index contributed by atoms with van der Waals surface area (Å²) in [5, 5.41) is 13.5. The molecule has 3 N–H and O–H groups in total. The minimum absolute atomic E-state index is 0.0482. The van der Waals surface area contributed by atoms with E-state index in [1.54, 1.807) is 13.8 Å². The molecule has 20 heavy (non-hydrogen) atoms. The number of carboxylic acids is 1. The standard InChI is InChI=1S/C13H17FN2O4/c1-13(2,7-11(17)18)16-12(19)15-10-6-8(20-3)4-5-9(10)14/h4-6H,7H2,1-3H3,(H,17,18)(H2,15,16,19). The molecule has 0 aliphatic rings. The normalized spacial score (nSPS) is 10.8. The predicted molar refractivity (Wildman–Crippen MR) is 71.4 cm³/mol. The van der Waals surface area contributed by atoms with Crippen LogP contribution in [0.5, 0.6) is 5.75 Å². The van der Waals surface area contributed by atoms with Gasteiger partial charge in [-0.3, -0.25) is 4.79 Å². The molecule has 0 aromatic heterocycles. The Kier molecular flexibility index (Phi) is 4.90. The minimum Gasteiger partial charge on any atom is -0.497 e. The number of ether oxygens (including phenoxy) is 1. The van der Waals surface area contributed by atoms with Gasteiger partial charge >= 0.3 is 12.0 Å². The first-order chi connectivity index (χ1) is 9.23. The van der Waals surface area contributed by atoms with Crippen molar-refractivity contribution >= 4 is 17.7 Å². The zero-order chi connectivity index (χ0) is 15.3. The number of aliphatic carboxylic acids is 1. The van der Waals surface area contributed by atoms with E-state index in [1.807, 2.05) is 0 Å². The molecule has 0 fully saturated rings. The highest BCUT2D eigenvalue weighted by molar-refractivity contribution is 5.90. The second kappa shape index (κ2) is 6.23. The molecule has 1 aromatic carbocycles. The van der Waals surface area contributed by atoms with Crippen LogP contribution in [0.2, 0.25) is 0 Å². The van der Waals surface area contributed by atoms with Crippen molar-refractivity contribution in [2.24, 2.45) is 0 Å². The van der Waals surface area contributed by atoms with Crippen molar-refractivity contribution in [2.45, 2.75) is 25.8 Å². The van der Waals surface area contributed by atoms with Gasteiger partial charge in [-0.1, -0.05) is 0 Å². The van der Waals surface area contributed by atoms with Crippen molar-refractivity contribution < 1.29 is 23.8 Å². The van der Waals surface area contributed by atoms with Crippen LogP contribution in [0.4, 0.5) is 14.9 Å². The highest BCUT2D eigenvalue weighted by Crippen LogP contribution is 2.21. The second-order valence-corrected chi connectivity index (χ2v) is 4.88. The fourth-order valence-corrected chi connectivity index (χ4v) is 1.61. The van der Waals surface area contributed by atoms with E-state index in [0.717, 1.165) is 6.07 Å². The molecule has 0 spiro atoms. The molecule has 0 bridgehead atoms. The van der Waals surface area contributed by atoms with Crippen LogP contribution in [-0.4, -0.2) is 29.8 Å². The molecule has 0 heterocycles. The average Bonchev–Trinajstić information content (AvgIpc) is 2.29. The van der Waals surface area contributed by atoms with E-state index in [2.05, 4.69) is 10.6 Å². The van der Waals surface area contributed by atoms with E-state index in [9.17, 15) is 14.0 Å². The smallest absolute Gasteiger partial charge is 0.319 e. The number of methoxy groups -OCH3 is 1. The van der Waals surface area contributed by atoms with Gasteiger partial charge in [0.1, 0.15) is 11.6 Å². The summed E-state index contributed by atoms with van der Waals surface area (Å²) in [5.41, 5.74) is -1.00. The summed E-state index contributed by atoms with van der Waals surface area (Å²) in [6.45, 7) is 3.12. The summed E-state index contributed by atoms with van der Waals surface area (Å²) in [7, 11) is 1.42. The van der Waals surface area contributed by atoms with Gasteiger partial charge < -0.3 is 20.5 Å². The van der Waals surface area contributed by atoms with Crippen LogP contribution in [0.3, 0.4) is 0 Å². The lowest BCUT2D eigenvalue weighted by Gasteiger charge is -2.24. The maximum atomic E-state index is 13.5. The van der Waals surface area contributed by atoms with Crippen molar-refractivity contribution in [2.75, 3.05) is 12.4 Å². The number of hydrogen-bond donors (Lipinski definition) is 3. The minimum atomic E-state index is -1.04. The molecule has 1 rings (SSSR count). The van der Waals surface area contributed by atoms with E-state index in [-0.39, 0.29) is 12.1 Å².